The summed E-state index contributed by atoms with van der Waals surface area (Å²) in [6.07, 6.45) is 6.14. The van der Waals surface area contributed by atoms with Gasteiger partial charge < -0.3 is 13.6 Å². The molecular formula is C32H30N2O3. The first-order valence-electron chi connectivity index (χ1n) is 13.1. The van der Waals surface area contributed by atoms with E-state index in [9.17, 15) is 0 Å². The van der Waals surface area contributed by atoms with Gasteiger partial charge in [-0.1, -0.05) is 50.3 Å². The molecule has 0 atom stereocenters. The van der Waals surface area contributed by atoms with Crippen LogP contribution in [-0.2, 0) is 0 Å². The van der Waals surface area contributed by atoms with Gasteiger partial charge in [-0.2, -0.15) is 0 Å². The molecule has 2 aromatic heterocycles. The maximum absolute atomic E-state index is 6.14. The first kappa shape index (κ1) is 23.3. The topological polar surface area (TPSA) is 61.3 Å². The molecule has 5 heteroatoms. The number of nitrogens with zero attached hydrogens (tertiary/aromatic N) is 2. The number of ether oxygens (including phenoxy) is 1. The number of oxazole rings is 2. The van der Waals surface area contributed by atoms with Gasteiger partial charge in [0.15, 0.2) is 11.2 Å². The van der Waals surface area contributed by atoms with Crippen LogP contribution < -0.4 is 4.74 Å². The number of hydrogen-bond acceptors (Lipinski definition) is 5. The molecule has 5 nitrogen and oxygen atoms in total. The number of unbranched alkanes of at least 4 members (excludes halogenated alkanes) is 4. The second-order valence-corrected chi connectivity index (χ2v) is 9.61. The molecule has 0 aliphatic heterocycles. The minimum Gasteiger partial charge on any atom is -0.494 e. The van der Waals surface area contributed by atoms with Crippen molar-refractivity contribution in [1.82, 2.24) is 9.97 Å². The Morgan fingerprint density at radius 3 is 1.73 bits per heavy atom. The average Bonchev–Trinajstić information content (AvgIpc) is 3.56. The minimum absolute atomic E-state index is 0.592. The Morgan fingerprint density at radius 2 is 1.16 bits per heavy atom. The molecular weight excluding hydrogens is 460 g/mol. The van der Waals surface area contributed by atoms with Crippen molar-refractivity contribution in [3.8, 4) is 28.7 Å². The summed E-state index contributed by atoms with van der Waals surface area (Å²) in [5, 5.41) is 1.99. The summed E-state index contributed by atoms with van der Waals surface area (Å²) in [5.74, 6) is 2.08. The van der Waals surface area contributed by atoms with Gasteiger partial charge in [0.2, 0.25) is 11.8 Å². The van der Waals surface area contributed by atoms with Crippen molar-refractivity contribution in [2.45, 2.75) is 46.0 Å². The number of aryl methyl sites for hydroxylation is 1. The third-order valence-corrected chi connectivity index (χ3v) is 6.83. The third kappa shape index (κ3) is 4.69. The Labute approximate surface area is 216 Å². The van der Waals surface area contributed by atoms with Crippen LogP contribution >= 0.6 is 0 Å². The molecule has 2 heterocycles. The largest absolute Gasteiger partial charge is 0.494 e. The fraction of sp³-hybridized carbons (Fsp3) is 0.250. The molecule has 0 saturated heterocycles. The summed E-state index contributed by atoms with van der Waals surface area (Å²) in [5.41, 5.74) is 6.24. The average molecular weight is 491 g/mol. The van der Waals surface area contributed by atoms with Gasteiger partial charge in [-0.3, -0.25) is 0 Å². The van der Waals surface area contributed by atoms with Gasteiger partial charge in [0, 0.05) is 21.9 Å². The molecule has 0 N–H and O–H groups in total. The van der Waals surface area contributed by atoms with Crippen LogP contribution in [0.25, 0.3) is 55.9 Å². The van der Waals surface area contributed by atoms with E-state index in [4.69, 9.17) is 23.5 Å². The van der Waals surface area contributed by atoms with Crippen LogP contribution in [0.5, 0.6) is 5.75 Å². The first-order chi connectivity index (χ1) is 18.2. The van der Waals surface area contributed by atoms with Crippen LogP contribution in [0.4, 0.5) is 0 Å². The van der Waals surface area contributed by atoms with Crippen LogP contribution in [0.15, 0.2) is 81.6 Å². The second kappa shape index (κ2) is 10.1. The van der Waals surface area contributed by atoms with E-state index in [0.717, 1.165) is 62.9 Å². The zero-order valence-corrected chi connectivity index (χ0v) is 21.3. The van der Waals surface area contributed by atoms with Crippen molar-refractivity contribution in [2.24, 2.45) is 0 Å². The highest BCUT2D eigenvalue weighted by molar-refractivity contribution is 6.13. The molecule has 0 fully saturated rings. The van der Waals surface area contributed by atoms with Crippen LogP contribution in [0.3, 0.4) is 0 Å². The lowest BCUT2D eigenvalue weighted by molar-refractivity contribution is 0.304. The van der Waals surface area contributed by atoms with Crippen molar-refractivity contribution in [2.75, 3.05) is 6.61 Å². The molecule has 0 aliphatic rings. The zero-order valence-electron chi connectivity index (χ0n) is 21.3. The fourth-order valence-corrected chi connectivity index (χ4v) is 4.72. The van der Waals surface area contributed by atoms with E-state index in [0.29, 0.717) is 11.8 Å². The lowest BCUT2D eigenvalue weighted by atomic mass is 10.1. The van der Waals surface area contributed by atoms with Crippen molar-refractivity contribution < 1.29 is 13.6 Å². The summed E-state index contributed by atoms with van der Waals surface area (Å²) in [6, 6.07) is 24.2. The second-order valence-electron chi connectivity index (χ2n) is 9.61. The Kier molecular flexibility index (Phi) is 6.35. The van der Waals surface area contributed by atoms with Gasteiger partial charge in [0.05, 0.1) is 6.61 Å². The number of aromatic nitrogens is 2. The lowest BCUT2D eigenvalue weighted by Crippen LogP contribution is -1.97. The fourth-order valence-electron chi connectivity index (χ4n) is 4.72. The third-order valence-electron chi connectivity index (χ3n) is 6.83. The van der Waals surface area contributed by atoms with E-state index >= 15 is 0 Å². The predicted octanol–water partition coefficient (Wildman–Crippen LogP) is 9.11. The Hall–Kier alpha value is -4.12. The van der Waals surface area contributed by atoms with Crippen molar-refractivity contribution in [3.63, 3.8) is 0 Å². The summed E-state index contributed by atoms with van der Waals surface area (Å²) < 4.78 is 18.1. The lowest BCUT2D eigenvalue weighted by Gasteiger charge is -2.06. The standard InChI is InChI=1S/C32H30N2O3/c1-3-4-5-6-7-20-35-24-14-12-23(13-15-24)32-34-30-26-16-18-27-29(25(26)17-19-28(30)37-32)33-31(36-27)22-10-8-21(2)9-11-22/h8-19H,3-7,20H2,1-2H3. The maximum atomic E-state index is 6.14. The monoisotopic (exact) mass is 490 g/mol. The summed E-state index contributed by atoms with van der Waals surface area (Å²) >= 11 is 0. The van der Waals surface area contributed by atoms with Gasteiger partial charge >= 0.3 is 0 Å². The molecule has 4 aromatic carbocycles. The van der Waals surface area contributed by atoms with E-state index in [1.165, 1.54) is 31.2 Å². The molecule has 0 amide bonds. The predicted molar refractivity (Wildman–Crippen MR) is 149 cm³/mol. The zero-order chi connectivity index (χ0) is 25.2. The van der Waals surface area contributed by atoms with Crippen molar-refractivity contribution >= 4 is 33.0 Å². The highest BCUT2D eigenvalue weighted by atomic mass is 16.5. The highest BCUT2D eigenvalue weighted by Crippen LogP contribution is 2.35. The van der Waals surface area contributed by atoms with E-state index in [2.05, 4.69) is 26.0 Å². The van der Waals surface area contributed by atoms with Crippen molar-refractivity contribution in [1.29, 1.82) is 0 Å². The molecule has 0 radical (unpaired) electrons. The maximum Gasteiger partial charge on any atom is 0.227 e. The number of benzene rings is 4. The van der Waals surface area contributed by atoms with Crippen molar-refractivity contribution in [3.05, 3.63) is 78.4 Å². The minimum atomic E-state index is 0.592. The van der Waals surface area contributed by atoms with Crippen LogP contribution in [0.1, 0.15) is 44.6 Å². The molecule has 186 valence electrons. The van der Waals surface area contributed by atoms with E-state index in [1.54, 1.807) is 0 Å². The molecule has 0 bridgehead atoms. The SMILES string of the molecule is CCCCCCCOc1ccc(-c2nc3c(ccc4c3ccc3oc(-c5ccc(C)cc5)nc34)o2)cc1. The quantitative estimate of drug-likeness (QED) is 0.189. The molecule has 6 rings (SSSR count). The highest BCUT2D eigenvalue weighted by Gasteiger charge is 2.16. The molecule has 0 aliphatic carbocycles. The number of fused-ring (bicyclic) bond motifs is 5. The first-order valence-corrected chi connectivity index (χ1v) is 13.1. The Morgan fingerprint density at radius 1 is 0.622 bits per heavy atom. The van der Waals surface area contributed by atoms with E-state index in [-0.39, 0.29) is 0 Å². The summed E-state index contributed by atoms with van der Waals surface area (Å²) in [7, 11) is 0. The van der Waals surface area contributed by atoms with Gasteiger partial charge in [-0.25, -0.2) is 9.97 Å². The molecule has 0 spiro atoms. The van der Waals surface area contributed by atoms with Crippen LogP contribution in [0.2, 0.25) is 0 Å². The Balaban J connectivity index is 1.26. The molecule has 0 saturated carbocycles. The van der Waals surface area contributed by atoms with Crippen LogP contribution in [-0.4, -0.2) is 16.6 Å². The Bertz CT molecular complexity index is 1660. The summed E-state index contributed by atoms with van der Waals surface area (Å²) in [6.45, 7) is 5.05. The van der Waals surface area contributed by atoms with Gasteiger partial charge in [-0.05, 0) is 74.0 Å². The van der Waals surface area contributed by atoms with Gasteiger partial charge in [0.25, 0.3) is 0 Å². The van der Waals surface area contributed by atoms with Gasteiger partial charge in [0.1, 0.15) is 16.8 Å². The normalized spacial score (nSPS) is 11.6. The number of rotatable bonds is 9. The molecule has 6 aromatic rings. The van der Waals surface area contributed by atoms with Gasteiger partial charge in [-0.15, -0.1) is 0 Å². The van der Waals surface area contributed by atoms with E-state index < -0.39 is 0 Å². The smallest absolute Gasteiger partial charge is 0.227 e. The van der Waals surface area contributed by atoms with E-state index in [1.807, 2.05) is 60.7 Å². The molecule has 0 unspecified atom stereocenters. The summed E-state index contributed by atoms with van der Waals surface area (Å²) in [4.78, 5) is 9.69. The number of hydrogen-bond donors (Lipinski definition) is 0. The molecule has 37 heavy (non-hydrogen) atoms. The van der Waals surface area contributed by atoms with Crippen LogP contribution in [0, 0.1) is 6.92 Å².